The average Bonchev–Trinajstić information content (AvgIpc) is 3.44. The number of hydrogen-bond donors (Lipinski definition) is 0. The summed E-state index contributed by atoms with van der Waals surface area (Å²) in [5.41, 5.74) is 0. The Morgan fingerprint density at radius 2 is 1.89 bits per heavy atom. The molecule has 1 aromatic heterocycles. The second-order valence-corrected chi connectivity index (χ2v) is 9.02. The molecule has 0 spiro atoms. The summed E-state index contributed by atoms with van der Waals surface area (Å²) in [7, 11) is 0. The molecule has 1 aromatic rings. The highest BCUT2D eigenvalue weighted by atomic mass is 32.2. The lowest BCUT2D eigenvalue weighted by atomic mass is 10.00. The van der Waals surface area contributed by atoms with E-state index in [1.165, 1.54) is 24.6 Å². The van der Waals surface area contributed by atoms with Crippen molar-refractivity contribution in [2.75, 3.05) is 43.4 Å². The van der Waals surface area contributed by atoms with Crippen LogP contribution in [-0.4, -0.2) is 70.2 Å². The van der Waals surface area contributed by atoms with Gasteiger partial charge in [0, 0.05) is 32.8 Å². The first kappa shape index (κ1) is 19.1. The zero-order chi connectivity index (χ0) is 18.6. The first-order valence-electron chi connectivity index (χ1n) is 10.4. The molecule has 3 saturated heterocycles. The van der Waals surface area contributed by atoms with E-state index in [4.69, 9.17) is 4.74 Å². The summed E-state index contributed by atoms with van der Waals surface area (Å²) in [6, 6.07) is 0. The number of likely N-dealkylation sites (tertiary alicyclic amines) is 1. The number of nitrogens with zero attached hydrogens (tertiary/aromatic N) is 5. The van der Waals surface area contributed by atoms with Crippen molar-refractivity contribution < 1.29 is 9.53 Å². The molecule has 3 aliphatic rings. The fourth-order valence-corrected chi connectivity index (χ4v) is 5.01. The molecule has 1 amide bonds. The third-order valence-electron chi connectivity index (χ3n) is 5.96. The molecule has 4 heterocycles. The third-order valence-corrected chi connectivity index (χ3v) is 6.91. The molecule has 0 radical (unpaired) electrons. The van der Waals surface area contributed by atoms with E-state index in [2.05, 4.69) is 26.6 Å². The summed E-state index contributed by atoms with van der Waals surface area (Å²) in [6.07, 6.45) is 7.10. The number of hydrogen-bond acceptors (Lipinski definition) is 6. The van der Waals surface area contributed by atoms with Crippen molar-refractivity contribution in [1.82, 2.24) is 19.7 Å². The van der Waals surface area contributed by atoms with Crippen LogP contribution >= 0.6 is 11.8 Å². The maximum absolute atomic E-state index is 12.4. The number of carbonyl (C=O) groups excluding carboxylic acids is 1. The normalized spacial score (nSPS) is 24.1. The second kappa shape index (κ2) is 8.82. The van der Waals surface area contributed by atoms with Gasteiger partial charge in [-0.25, -0.2) is 0 Å². The van der Waals surface area contributed by atoms with E-state index in [1.54, 1.807) is 0 Å². The second-order valence-electron chi connectivity index (χ2n) is 8.07. The minimum Gasteiger partial charge on any atom is -0.376 e. The summed E-state index contributed by atoms with van der Waals surface area (Å²) in [5.74, 6) is 2.40. The van der Waals surface area contributed by atoms with Gasteiger partial charge in [-0.05, 0) is 44.4 Å². The van der Waals surface area contributed by atoms with Gasteiger partial charge in [-0.1, -0.05) is 18.7 Å². The molecule has 0 aromatic carbocycles. The third kappa shape index (κ3) is 4.59. The van der Waals surface area contributed by atoms with Crippen molar-refractivity contribution in [3.05, 3.63) is 0 Å². The molecule has 1 unspecified atom stereocenters. The van der Waals surface area contributed by atoms with E-state index in [0.717, 1.165) is 82.0 Å². The smallest absolute Gasteiger partial charge is 0.233 e. The van der Waals surface area contributed by atoms with Crippen molar-refractivity contribution in [2.24, 2.45) is 5.92 Å². The highest BCUT2D eigenvalue weighted by Crippen LogP contribution is 2.28. The number of amides is 1. The van der Waals surface area contributed by atoms with Gasteiger partial charge in [0.2, 0.25) is 11.9 Å². The van der Waals surface area contributed by atoms with E-state index in [-0.39, 0.29) is 12.0 Å². The van der Waals surface area contributed by atoms with Gasteiger partial charge in [-0.15, -0.1) is 10.2 Å². The molecule has 7 nitrogen and oxygen atoms in total. The Bertz CT molecular complexity index is 632. The zero-order valence-corrected chi connectivity index (χ0v) is 17.1. The van der Waals surface area contributed by atoms with Crippen LogP contribution in [0.5, 0.6) is 0 Å². The molecule has 0 N–H and O–H groups in total. The predicted molar refractivity (Wildman–Crippen MR) is 106 cm³/mol. The van der Waals surface area contributed by atoms with Gasteiger partial charge in [0.25, 0.3) is 0 Å². The summed E-state index contributed by atoms with van der Waals surface area (Å²) in [5, 5.41) is 9.83. The minimum absolute atomic E-state index is 0.220. The Morgan fingerprint density at radius 1 is 1.11 bits per heavy atom. The van der Waals surface area contributed by atoms with E-state index in [1.807, 2.05) is 4.90 Å². The molecule has 8 heteroatoms. The fourth-order valence-electron chi connectivity index (χ4n) is 4.17. The molecule has 3 aliphatic heterocycles. The highest BCUT2D eigenvalue weighted by Gasteiger charge is 2.27. The molecule has 27 heavy (non-hydrogen) atoms. The van der Waals surface area contributed by atoms with Crippen molar-refractivity contribution in [3.8, 4) is 0 Å². The highest BCUT2D eigenvalue weighted by molar-refractivity contribution is 7.99. The van der Waals surface area contributed by atoms with Crippen molar-refractivity contribution in [2.45, 2.75) is 63.3 Å². The van der Waals surface area contributed by atoms with E-state index >= 15 is 0 Å². The van der Waals surface area contributed by atoms with Crippen LogP contribution < -0.4 is 4.90 Å². The summed E-state index contributed by atoms with van der Waals surface area (Å²) < 4.78 is 8.07. The number of aromatic nitrogens is 3. The number of ether oxygens (including phenoxy) is 1. The van der Waals surface area contributed by atoms with E-state index in [9.17, 15) is 4.79 Å². The van der Waals surface area contributed by atoms with Crippen LogP contribution in [0.1, 0.15) is 45.4 Å². The quantitative estimate of drug-likeness (QED) is 0.692. The molecule has 0 bridgehead atoms. The Kier molecular flexibility index (Phi) is 6.22. The zero-order valence-electron chi connectivity index (χ0n) is 16.3. The lowest BCUT2D eigenvalue weighted by molar-refractivity contribution is -0.127. The van der Waals surface area contributed by atoms with Gasteiger partial charge in [-0.2, -0.15) is 0 Å². The van der Waals surface area contributed by atoms with Crippen molar-refractivity contribution in [1.29, 1.82) is 0 Å². The van der Waals surface area contributed by atoms with Crippen LogP contribution in [0.2, 0.25) is 0 Å². The largest absolute Gasteiger partial charge is 0.376 e. The Hall–Kier alpha value is -1.28. The lowest BCUT2D eigenvalue weighted by Gasteiger charge is -2.31. The van der Waals surface area contributed by atoms with Crippen LogP contribution in [0, 0.1) is 5.92 Å². The molecular formula is C19H31N5O2S. The number of anilines is 1. The summed E-state index contributed by atoms with van der Waals surface area (Å²) >= 11 is 1.53. The van der Waals surface area contributed by atoms with Crippen LogP contribution in [0.4, 0.5) is 5.95 Å². The van der Waals surface area contributed by atoms with E-state index in [0.29, 0.717) is 5.75 Å². The lowest BCUT2D eigenvalue weighted by Crippen LogP contribution is -2.35. The molecule has 150 valence electrons. The van der Waals surface area contributed by atoms with Crippen LogP contribution in [0.25, 0.3) is 0 Å². The van der Waals surface area contributed by atoms with Crippen LogP contribution in [-0.2, 0) is 16.1 Å². The van der Waals surface area contributed by atoms with Gasteiger partial charge >= 0.3 is 0 Å². The number of thioether (sulfide) groups is 1. The molecule has 3 fully saturated rings. The monoisotopic (exact) mass is 393 g/mol. The van der Waals surface area contributed by atoms with Crippen molar-refractivity contribution >= 4 is 23.6 Å². The molecular weight excluding hydrogens is 362 g/mol. The predicted octanol–water partition coefficient (Wildman–Crippen LogP) is 2.41. The van der Waals surface area contributed by atoms with Gasteiger partial charge in [-0.3, -0.25) is 9.36 Å². The number of carbonyl (C=O) groups is 1. The maximum Gasteiger partial charge on any atom is 0.233 e. The average molecular weight is 394 g/mol. The van der Waals surface area contributed by atoms with E-state index < -0.39 is 0 Å². The minimum atomic E-state index is 0.220. The molecule has 4 rings (SSSR count). The Balaban J connectivity index is 1.46. The number of piperidine rings is 1. The number of rotatable bonds is 6. The van der Waals surface area contributed by atoms with Crippen LogP contribution in [0.15, 0.2) is 5.16 Å². The summed E-state index contributed by atoms with van der Waals surface area (Å²) in [4.78, 5) is 16.8. The van der Waals surface area contributed by atoms with Gasteiger partial charge < -0.3 is 14.5 Å². The Labute approximate surface area is 165 Å². The topological polar surface area (TPSA) is 63.5 Å². The van der Waals surface area contributed by atoms with Crippen molar-refractivity contribution in [3.63, 3.8) is 0 Å². The SMILES string of the molecule is CC1CCN(c2nnc(SCC(=O)N3CCCC3)n2CC2CCCO2)CC1. The van der Waals surface area contributed by atoms with Gasteiger partial charge in [0.1, 0.15) is 0 Å². The summed E-state index contributed by atoms with van der Waals surface area (Å²) in [6.45, 7) is 7.82. The Morgan fingerprint density at radius 3 is 2.59 bits per heavy atom. The molecule has 1 atom stereocenters. The first-order chi connectivity index (χ1) is 13.2. The standard InChI is InChI=1S/C19H31N5O2S/c1-15-6-10-23(11-7-15)18-20-21-19(24(18)13-16-5-4-12-26-16)27-14-17(25)22-8-2-3-9-22/h15-16H,2-14H2,1H3. The van der Waals surface area contributed by atoms with Gasteiger partial charge in [0.15, 0.2) is 5.16 Å². The fraction of sp³-hybridized carbons (Fsp3) is 0.842. The maximum atomic E-state index is 12.4. The molecule has 0 saturated carbocycles. The van der Waals surface area contributed by atoms with Gasteiger partial charge in [0.05, 0.1) is 18.4 Å². The van der Waals surface area contributed by atoms with Crippen LogP contribution in [0.3, 0.4) is 0 Å². The molecule has 0 aliphatic carbocycles. The first-order valence-corrected chi connectivity index (χ1v) is 11.4.